The van der Waals surface area contributed by atoms with E-state index >= 15 is 0 Å². The van der Waals surface area contributed by atoms with Gasteiger partial charge in [0.05, 0.1) is 11.5 Å². The van der Waals surface area contributed by atoms with Gasteiger partial charge in [0.25, 0.3) is 0 Å². The fourth-order valence-electron chi connectivity index (χ4n) is 9.91. The lowest BCUT2D eigenvalue weighted by Crippen LogP contribution is -2.48. The number of unbranched alkanes of at least 4 members (excludes halogenated alkanes) is 2. The van der Waals surface area contributed by atoms with Crippen molar-refractivity contribution < 1.29 is 29.3 Å². The molecule has 0 aromatic heterocycles. The largest absolute Gasteiger partial charge is 0.482 e. The van der Waals surface area contributed by atoms with E-state index in [0.29, 0.717) is 29.9 Å². The average molecular weight is 709 g/mol. The third kappa shape index (κ3) is 6.78. The van der Waals surface area contributed by atoms with Gasteiger partial charge in [0.15, 0.2) is 6.61 Å². The molecule has 0 heterocycles. The minimum Gasteiger partial charge on any atom is -0.482 e. The first kappa shape index (κ1) is 33.0. The molecule has 4 aliphatic carbocycles. The van der Waals surface area contributed by atoms with Crippen molar-refractivity contribution >= 4 is 34.5 Å². The second kappa shape index (κ2) is 13.2. The predicted molar refractivity (Wildman–Crippen MR) is 177 cm³/mol. The molecule has 0 spiro atoms. The van der Waals surface area contributed by atoms with E-state index in [1.807, 2.05) is 12.1 Å². The number of carboxylic acids is 1. The fraction of sp³-hybridized carbons (Fsp3) is 0.778. The van der Waals surface area contributed by atoms with Crippen LogP contribution in [0.2, 0.25) is 0 Å². The van der Waals surface area contributed by atoms with Crippen molar-refractivity contribution in [1.29, 1.82) is 0 Å². The van der Waals surface area contributed by atoms with Crippen LogP contribution in [0.4, 0.5) is 0 Å². The average Bonchev–Trinajstić information content (AvgIpc) is 3.11. The zero-order valence-electron chi connectivity index (χ0n) is 26.7. The van der Waals surface area contributed by atoms with E-state index in [9.17, 15) is 14.7 Å². The Kier molecular flexibility index (Phi) is 10.1. The normalized spacial score (nSPS) is 37.2. The van der Waals surface area contributed by atoms with Crippen molar-refractivity contribution in [2.75, 3.05) is 6.61 Å². The molecule has 3 fully saturated rings. The van der Waals surface area contributed by atoms with E-state index < -0.39 is 12.1 Å². The highest BCUT2D eigenvalue weighted by Gasteiger charge is 2.61. The highest BCUT2D eigenvalue weighted by Crippen LogP contribution is 2.63. The molecule has 0 amide bonds. The van der Waals surface area contributed by atoms with Crippen molar-refractivity contribution in [3.63, 3.8) is 0 Å². The number of aliphatic carboxylic acids is 1. The van der Waals surface area contributed by atoms with E-state index in [0.717, 1.165) is 76.2 Å². The molecule has 0 radical (unpaired) electrons. The van der Waals surface area contributed by atoms with Crippen LogP contribution >= 0.6 is 22.6 Å². The van der Waals surface area contributed by atoms with Crippen LogP contribution in [0.3, 0.4) is 0 Å². The number of carbonyl (C=O) groups is 2. The number of esters is 1. The maximum atomic E-state index is 14.0. The van der Waals surface area contributed by atoms with Crippen LogP contribution in [0.5, 0.6) is 5.75 Å². The van der Waals surface area contributed by atoms with Crippen LogP contribution in [-0.4, -0.2) is 44.4 Å². The second-order valence-corrected chi connectivity index (χ2v) is 17.2. The molecule has 4 aliphatic rings. The zero-order valence-corrected chi connectivity index (χ0v) is 28.9. The number of fused-ring (bicyclic) bond motifs is 4. The number of benzene rings is 1. The minimum atomic E-state index is -0.983. The molecule has 3 saturated carbocycles. The first-order valence-electron chi connectivity index (χ1n) is 16.9. The van der Waals surface area contributed by atoms with Crippen LogP contribution < -0.4 is 4.74 Å². The van der Waals surface area contributed by atoms with Crippen molar-refractivity contribution in [3.05, 3.63) is 29.3 Å². The summed E-state index contributed by atoms with van der Waals surface area (Å²) >= 11 is 2.64. The molecule has 1 aromatic rings. The molecule has 7 atom stereocenters. The lowest BCUT2D eigenvalue weighted by Gasteiger charge is -2.48. The van der Waals surface area contributed by atoms with Gasteiger partial charge in [-0.1, -0.05) is 75.3 Å². The Morgan fingerprint density at radius 1 is 1.05 bits per heavy atom. The fourth-order valence-corrected chi connectivity index (χ4v) is 11.5. The zero-order chi connectivity index (χ0) is 31.0. The summed E-state index contributed by atoms with van der Waals surface area (Å²) in [5.41, 5.74) is 1.81. The number of aliphatic hydroxyl groups excluding tert-OH is 1. The van der Waals surface area contributed by atoms with Crippen molar-refractivity contribution in [3.8, 4) is 5.75 Å². The van der Waals surface area contributed by atoms with Crippen LogP contribution in [-0.2, 0) is 27.2 Å². The van der Waals surface area contributed by atoms with Crippen molar-refractivity contribution in [2.24, 2.45) is 34.5 Å². The summed E-state index contributed by atoms with van der Waals surface area (Å²) in [6.45, 7) is 8.76. The highest BCUT2D eigenvalue weighted by molar-refractivity contribution is 14.1. The van der Waals surface area contributed by atoms with Gasteiger partial charge < -0.3 is 19.7 Å². The number of rotatable bonds is 12. The van der Waals surface area contributed by atoms with Gasteiger partial charge in [-0.25, -0.2) is 4.79 Å². The monoisotopic (exact) mass is 708 g/mol. The van der Waals surface area contributed by atoms with Crippen molar-refractivity contribution in [2.45, 2.75) is 133 Å². The molecule has 0 saturated heterocycles. The van der Waals surface area contributed by atoms with Crippen molar-refractivity contribution in [1.82, 2.24) is 0 Å². The summed E-state index contributed by atoms with van der Waals surface area (Å²) < 4.78 is 12.1. The second-order valence-electron chi connectivity index (χ2n) is 15.3. The number of aliphatic hydroxyl groups is 1. The molecular formula is C36H53IO6. The van der Waals surface area contributed by atoms with Gasteiger partial charge in [0, 0.05) is 9.34 Å². The molecule has 240 valence electrons. The highest BCUT2D eigenvalue weighted by atomic mass is 127. The Morgan fingerprint density at radius 2 is 1.77 bits per heavy atom. The number of carbonyl (C=O) groups excluding carboxylic acids is 1. The predicted octanol–water partition coefficient (Wildman–Crippen LogP) is 7.93. The molecule has 1 aromatic carbocycles. The standard InChI is InChI=1S/C36H53IO6/c1-5-6-7-10-27(43-33(41)35-16-23(2)14-25(18-35)15-24(3)17-35)12-13-29-30(38)21-34(4)20-28-26(19-36(29,34)37)9-8-11-31(28)42-22-32(39)40/h8-9,11,23-25,27,29-30,38H,5-7,10,12-22H2,1-4H3,(H,39,40)/t23?,24?,25?,27-,29-,30+,34-,35?,36-/m0/s1. The summed E-state index contributed by atoms with van der Waals surface area (Å²) in [4.78, 5) is 25.2. The molecule has 5 rings (SSSR count). The van der Waals surface area contributed by atoms with Gasteiger partial charge in [0.2, 0.25) is 0 Å². The number of carboxylic acid groups (broad SMARTS) is 1. The third-order valence-corrected chi connectivity index (χ3v) is 14.1. The Bertz CT molecular complexity index is 1150. The molecule has 43 heavy (non-hydrogen) atoms. The van der Waals surface area contributed by atoms with Crippen LogP contribution in [0.25, 0.3) is 0 Å². The van der Waals surface area contributed by atoms with Crippen LogP contribution in [0, 0.1) is 34.5 Å². The van der Waals surface area contributed by atoms with Gasteiger partial charge in [-0.3, -0.25) is 4.79 Å². The Hall–Kier alpha value is -1.35. The Morgan fingerprint density at radius 3 is 2.44 bits per heavy atom. The molecular weight excluding hydrogens is 655 g/mol. The molecule has 6 nitrogen and oxygen atoms in total. The van der Waals surface area contributed by atoms with Gasteiger partial charge in [-0.2, -0.15) is 0 Å². The first-order chi connectivity index (χ1) is 20.4. The van der Waals surface area contributed by atoms with E-state index in [2.05, 4.69) is 56.4 Å². The maximum Gasteiger partial charge on any atom is 0.341 e. The number of ether oxygens (including phenoxy) is 2. The van der Waals surface area contributed by atoms with E-state index in [-0.39, 0.29) is 38.8 Å². The summed E-state index contributed by atoms with van der Waals surface area (Å²) in [7, 11) is 0. The SMILES string of the molecule is CCCCC[C@@H](CC[C@H]1[C@H](O)C[C@]2(C)Cc3c(cccc3OCC(=O)O)C[C@]12I)OC(=O)C12CC(C)CC(CC(C)C1)C2. The quantitative estimate of drug-likeness (QED) is 0.0992. The first-order valence-corrected chi connectivity index (χ1v) is 18.0. The van der Waals surface area contributed by atoms with Gasteiger partial charge in [-0.15, -0.1) is 0 Å². The van der Waals surface area contributed by atoms with E-state index in [4.69, 9.17) is 14.6 Å². The lowest BCUT2D eigenvalue weighted by molar-refractivity contribution is -0.172. The summed E-state index contributed by atoms with van der Waals surface area (Å²) in [5.74, 6) is 1.61. The smallest absolute Gasteiger partial charge is 0.341 e. The molecule has 2 N–H and O–H groups in total. The van der Waals surface area contributed by atoms with E-state index in [1.54, 1.807) is 0 Å². The Balaban J connectivity index is 1.31. The number of hydrogen-bond acceptors (Lipinski definition) is 5. The summed E-state index contributed by atoms with van der Waals surface area (Å²) in [5, 5.41) is 20.7. The Labute approximate surface area is 272 Å². The van der Waals surface area contributed by atoms with Gasteiger partial charge >= 0.3 is 11.9 Å². The van der Waals surface area contributed by atoms with Gasteiger partial charge in [-0.05, 0) is 117 Å². The maximum absolute atomic E-state index is 14.0. The number of halogens is 1. The topological polar surface area (TPSA) is 93.1 Å². The molecule has 2 unspecified atom stereocenters. The summed E-state index contributed by atoms with van der Waals surface area (Å²) in [6, 6.07) is 5.94. The lowest BCUT2D eigenvalue weighted by atomic mass is 9.57. The van der Waals surface area contributed by atoms with Crippen LogP contribution in [0.1, 0.15) is 116 Å². The molecule has 0 aliphatic heterocycles. The molecule has 7 heteroatoms. The van der Waals surface area contributed by atoms with Crippen LogP contribution in [0.15, 0.2) is 18.2 Å². The van der Waals surface area contributed by atoms with E-state index in [1.165, 1.54) is 18.4 Å². The number of alkyl halides is 1. The minimum absolute atomic E-state index is 0.0542. The molecule has 2 bridgehead atoms. The van der Waals surface area contributed by atoms with Gasteiger partial charge in [0.1, 0.15) is 11.9 Å². The number of hydrogen-bond donors (Lipinski definition) is 2. The third-order valence-electron chi connectivity index (χ3n) is 11.6. The summed E-state index contributed by atoms with van der Waals surface area (Å²) in [6.07, 6.45) is 13.0.